The Balaban J connectivity index is 1.45. The van der Waals surface area contributed by atoms with E-state index in [0.29, 0.717) is 6.54 Å². The maximum atomic E-state index is 13.0. The van der Waals surface area contributed by atoms with Gasteiger partial charge in [-0.15, -0.1) is 11.3 Å². The molecule has 6 nitrogen and oxygen atoms in total. The summed E-state index contributed by atoms with van der Waals surface area (Å²) in [7, 11) is 3.82. The zero-order chi connectivity index (χ0) is 17.4. The molecule has 1 amide bonds. The number of amides is 1. The van der Waals surface area contributed by atoms with E-state index in [9.17, 15) is 4.79 Å². The maximum absolute atomic E-state index is 13.0. The molecule has 134 valence electrons. The van der Waals surface area contributed by atoms with E-state index in [1.807, 2.05) is 31.4 Å². The highest BCUT2D eigenvalue weighted by molar-refractivity contribution is 7.11. The molecule has 0 saturated carbocycles. The van der Waals surface area contributed by atoms with Crippen molar-refractivity contribution in [3.8, 4) is 0 Å². The van der Waals surface area contributed by atoms with Crippen LogP contribution in [0.2, 0.25) is 0 Å². The molecule has 1 fully saturated rings. The van der Waals surface area contributed by atoms with Crippen LogP contribution in [-0.2, 0) is 31.2 Å². The van der Waals surface area contributed by atoms with Gasteiger partial charge in [-0.3, -0.25) is 9.48 Å². The van der Waals surface area contributed by atoms with Gasteiger partial charge in [-0.05, 0) is 31.2 Å². The molecule has 1 aliphatic heterocycles. The summed E-state index contributed by atoms with van der Waals surface area (Å²) in [5.41, 5.74) is 2.41. The molecule has 0 bridgehead atoms. The van der Waals surface area contributed by atoms with Crippen molar-refractivity contribution in [2.45, 2.75) is 38.1 Å². The predicted octanol–water partition coefficient (Wildman–Crippen LogP) is 1.72. The molecule has 2 aromatic rings. The molecule has 1 N–H and O–H groups in total. The van der Waals surface area contributed by atoms with Crippen LogP contribution in [0.4, 0.5) is 0 Å². The van der Waals surface area contributed by atoms with Gasteiger partial charge >= 0.3 is 0 Å². The second kappa shape index (κ2) is 6.88. The minimum Gasteiger partial charge on any atom is -0.339 e. The van der Waals surface area contributed by atoms with Crippen molar-refractivity contribution in [3.63, 3.8) is 0 Å². The van der Waals surface area contributed by atoms with Gasteiger partial charge < -0.3 is 10.2 Å². The summed E-state index contributed by atoms with van der Waals surface area (Å²) >= 11 is 1.79. The third-order valence-electron chi connectivity index (χ3n) is 5.32. The average molecular weight is 359 g/mol. The summed E-state index contributed by atoms with van der Waals surface area (Å²) in [4.78, 5) is 21.1. The van der Waals surface area contributed by atoms with Gasteiger partial charge in [-0.2, -0.15) is 5.10 Å². The molecule has 0 radical (unpaired) electrons. The number of hydrogen-bond acceptors (Lipinski definition) is 5. The number of carbonyl (C=O) groups is 1. The summed E-state index contributed by atoms with van der Waals surface area (Å²) in [6.07, 6.45) is 8.66. The van der Waals surface area contributed by atoms with Gasteiger partial charge in [-0.1, -0.05) is 0 Å². The van der Waals surface area contributed by atoms with Gasteiger partial charge in [0.25, 0.3) is 0 Å². The molecule has 3 heterocycles. The number of carbonyl (C=O) groups excluding carboxylic acids is 1. The average Bonchev–Trinajstić information content (AvgIpc) is 3.31. The Kier molecular flexibility index (Phi) is 4.60. The minimum atomic E-state index is -0.0243. The van der Waals surface area contributed by atoms with Crippen LogP contribution in [0.5, 0.6) is 0 Å². The lowest BCUT2D eigenvalue weighted by Crippen LogP contribution is -2.35. The van der Waals surface area contributed by atoms with E-state index in [1.54, 1.807) is 16.0 Å². The molecule has 4 rings (SSSR count). The first kappa shape index (κ1) is 16.7. The SMILES string of the molecule is CN(Cc1nc2c(s1)CCCC2)C(=O)[C@H]1CNC[C@@H]1c1cnn(C)c1. The first-order chi connectivity index (χ1) is 12.1. The van der Waals surface area contributed by atoms with Crippen molar-refractivity contribution in [3.05, 3.63) is 33.5 Å². The second-order valence-corrected chi connectivity index (χ2v) is 8.37. The first-order valence-electron chi connectivity index (χ1n) is 9.03. The van der Waals surface area contributed by atoms with E-state index in [0.717, 1.165) is 36.5 Å². The zero-order valence-corrected chi connectivity index (χ0v) is 15.7. The number of aromatic nitrogens is 3. The number of fused-ring (bicyclic) bond motifs is 1. The Morgan fingerprint density at radius 1 is 1.40 bits per heavy atom. The summed E-state index contributed by atoms with van der Waals surface area (Å²) in [5.74, 6) is 0.379. The van der Waals surface area contributed by atoms with Crippen LogP contribution < -0.4 is 5.32 Å². The third kappa shape index (κ3) is 3.35. The van der Waals surface area contributed by atoms with Crippen molar-refractivity contribution in [1.82, 2.24) is 25.0 Å². The van der Waals surface area contributed by atoms with Crippen molar-refractivity contribution in [2.24, 2.45) is 13.0 Å². The summed E-state index contributed by atoms with van der Waals surface area (Å²) in [5, 5.41) is 8.71. The van der Waals surface area contributed by atoms with E-state index in [2.05, 4.69) is 10.4 Å². The van der Waals surface area contributed by atoms with Crippen LogP contribution in [0.3, 0.4) is 0 Å². The lowest BCUT2D eigenvalue weighted by atomic mass is 9.90. The van der Waals surface area contributed by atoms with E-state index >= 15 is 0 Å². The molecule has 25 heavy (non-hydrogen) atoms. The normalized spacial score (nSPS) is 22.8. The van der Waals surface area contributed by atoms with E-state index in [4.69, 9.17) is 4.98 Å². The summed E-state index contributed by atoms with van der Waals surface area (Å²) in [6.45, 7) is 2.19. The fourth-order valence-corrected chi connectivity index (χ4v) is 5.17. The highest BCUT2D eigenvalue weighted by Gasteiger charge is 2.36. The molecule has 0 unspecified atom stereocenters. The van der Waals surface area contributed by atoms with Crippen molar-refractivity contribution in [1.29, 1.82) is 0 Å². The molecule has 2 aliphatic rings. The molecular formula is C18H25N5OS. The van der Waals surface area contributed by atoms with Crippen molar-refractivity contribution >= 4 is 17.2 Å². The van der Waals surface area contributed by atoms with Crippen LogP contribution in [0.25, 0.3) is 0 Å². The lowest BCUT2D eigenvalue weighted by molar-refractivity contribution is -0.134. The van der Waals surface area contributed by atoms with Gasteiger partial charge in [0, 0.05) is 44.2 Å². The number of rotatable bonds is 4. The Morgan fingerprint density at radius 2 is 2.24 bits per heavy atom. The number of nitrogens with one attached hydrogen (secondary N) is 1. The zero-order valence-electron chi connectivity index (χ0n) is 14.9. The molecule has 1 aliphatic carbocycles. The minimum absolute atomic E-state index is 0.0243. The standard InChI is InChI=1S/C18H25N5OS/c1-22(11-17-21-15-5-3-4-6-16(15)25-17)18(24)14-9-19-8-13(14)12-7-20-23(2)10-12/h7,10,13-14,19H,3-6,8-9,11H2,1-2H3/t13-,14+/m1/s1. The van der Waals surface area contributed by atoms with Crippen LogP contribution >= 0.6 is 11.3 Å². The van der Waals surface area contributed by atoms with Gasteiger partial charge in [0.15, 0.2) is 0 Å². The highest BCUT2D eigenvalue weighted by atomic mass is 32.1. The summed E-state index contributed by atoms with van der Waals surface area (Å²) in [6, 6.07) is 0. The topological polar surface area (TPSA) is 63.1 Å². The number of hydrogen-bond donors (Lipinski definition) is 1. The van der Waals surface area contributed by atoms with Crippen LogP contribution in [0, 0.1) is 5.92 Å². The van der Waals surface area contributed by atoms with Gasteiger partial charge in [0.2, 0.25) is 5.91 Å². The molecule has 1 saturated heterocycles. The van der Waals surface area contributed by atoms with Crippen LogP contribution in [0.1, 0.15) is 39.9 Å². The monoisotopic (exact) mass is 359 g/mol. The lowest BCUT2D eigenvalue weighted by Gasteiger charge is -2.23. The molecular weight excluding hydrogens is 334 g/mol. The van der Waals surface area contributed by atoms with Gasteiger partial charge in [0.1, 0.15) is 5.01 Å². The van der Waals surface area contributed by atoms with E-state index < -0.39 is 0 Å². The Morgan fingerprint density at radius 3 is 3.00 bits per heavy atom. The number of aryl methyl sites for hydroxylation is 3. The Labute approximate surface area is 152 Å². The largest absolute Gasteiger partial charge is 0.339 e. The van der Waals surface area contributed by atoms with Gasteiger partial charge in [0.05, 0.1) is 24.4 Å². The van der Waals surface area contributed by atoms with Crippen molar-refractivity contribution < 1.29 is 4.79 Å². The quantitative estimate of drug-likeness (QED) is 0.903. The van der Waals surface area contributed by atoms with Crippen molar-refractivity contribution in [2.75, 3.05) is 20.1 Å². The molecule has 7 heteroatoms. The van der Waals surface area contributed by atoms with Gasteiger partial charge in [-0.25, -0.2) is 4.98 Å². The van der Waals surface area contributed by atoms with E-state index in [1.165, 1.54) is 23.4 Å². The molecule has 2 aromatic heterocycles. The van der Waals surface area contributed by atoms with Crippen LogP contribution in [-0.4, -0.2) is 45.7 Å². The second-order valence-electron chi connectivity index (χ2n) is 7.20. The Hall–Kier alpha value is -1.73. The smallest absolute Gasteiger partial charge is 0.227 e. The fourth-order valence-electron chi connectivity index (χ4n) is 3.96. The third-order valence-corrected chi connectivity index (χ3v) is 6.47. The maximum Gasteiger partial charge on any atom is 0.227 e. The molecule has 0 aromatic carbocycles. The molecule has 2 atom stereocenters. The van der Waals surface area contributed by atoms with Crippen LogP contribution in [0.15, 0.2) is 12.4 Å². The fraction of sp³-hybridized carbons (Fsp3) is 0.611. The summed E-state index contributed by atoms with van der Waals surface area (Å²) < 4.78 is 1.80. The molecule has 0 spiro atoms. The van der Waals surface area contributed by atoms with E-state index in [-0.39, 0.29) is 17.7 Å². The first-order valence-corrected chi connectivity index (χ1v) is 9.85. The Bertz CT molecular complexity index is 744. The number of thiazole rings is 1. The highest BCUT2D eigenvalue weighted by Crippen LogP contribution is 2.31. The predicted molar refractivity (Wildman–Crippen MR) is 97.5 cm³/mol. The number of nitrogens with zero attached hydrogens (tertiary/aromatic N) is 4.